The zero-order valence-corrected chi connectivity index (χ0v) is 12.9. The molecule has 0 aliphatic rings. The first-order valence-electron chi connectivity index (χ1n) is 6.52. The molecule has 2 rings (SSSR count). The van der Waals surface area contributed by atoms with E-state index in [1.54, 1.807) is 12.4 Å². The van der Waals surface area contributed by atoms with Crippen LogP contribution in [0, 0.1) is 0 Å². The molecule has 20 heavy (non-hydrogen) atoms. The largest absolute Gasteiger partial charge is 0.350 e. The molecule has 2 heterocycles. The van der Waals surface area contributed by atoms with Gasteiger partial charge in [0.15, 0.2) is 0 Å². The van der Waals surface area contributed by atoms with E-state index in [0.717, 1.165) is 11.0 Å². The van der Waals surface area contributed by atoms with E-state index < -0.39 is 0 Å². The number of imidazole rings is 1. The van der Waals surface area contributed by atoms with Gasteiger partial charge in [0.2, 0.25) is 5.91 Å². The average Bonchev–Trinajstić information content (AvgIpc) is 2.74. The number of aromatic nitrogens is 3. The van der Waals surface area contributed by atoms with Crippen molar-refractivity contribution in [2.24, 2.45) is 0 Å². The lowest BCUT2D eigenvalue weighted by atomic mass is 10.1. The summed E-state index contributed by atoms with van der Waals surface area (Å²) in [5.74, 6) is 0.869. The summed E-state index contributed by atoms with van der Waals surface area (Å²) in [6, 6.07) is 1.47. The van der Waals surface area contributed by atoms with E-state index in [0.29, 0.717) is 5.82 Å². The van der Waals surface area contributed by atoms with Crippen molar-refractivity contribution in [2.45, 2.75) is 45.2 Å². The first-order chi connectivity index (χ1) is 9.33. The Morgan fingerprint density at radius 1 is 1.50 bits per heavy atom. The van der Waals surface area contributed by atoms with Gasteiger partial charge in [-0.05, 0) is 33.8 Å². The number of hydrogen-bond acceptors (Lipinski definition) is 3. The Balaban J connectivity index is 2.43. The van der Waals surface area contributed by atoms with Crippen molar-refractivity contribution in [3.05, 3.63) is 24.3 Å². The topological polar surface area (TPSA) is 59.8 Å². The number of halogens is 1. The van der Waals surface area contributed by atoms with Crippen molar-refractivity contribution in [1.82, 2.24) is 19.9 Å². The molecule has 0 saturated carbocycles. The predicted octanol–water partition coefficient (Wildman–Crippen LogP) is 2.65. The van der Waals surface area contributed by atoms with Gasteiger partial charge < -0.3 is 9.88 Å². The Kier molecular flexibility index (Phi) is 3.99. The molecular weight excluding hydrogens is 276 g/mol. The maximum atomic E-state index is 12.4. The summed E-state index contributed by atoms with van der Waals surface area (Å²) in [4.78, 5) is 20.8. The van der Waals surface area contributed by atoms with Crippen LogP contribution in [-0.2, 0) is 10.7 Å². The molecule has 2 aromatic heterocycles. The highest BCUT2D eigenvalue weighted by molar-refractivity contribution is 6.16. The van der Waals surface area contributed by atoms with Gasteiger partial charge in [-0.25, -0.2) is 4.98 Å². The Hall–Kier alpha value is -1.62. The Morgan fingerprint density at radius 2 is 2.20 bits per heavy atom. The maximum absolute atomic E-state index is 12.4. The van der Waals surface area contributed by atoms with Crippen molar-refractivity contribution in [1.29, 1.82) is 0 Å². The molecule has 0 spiro atoms. The number of nitrogens with one attached hydrogen (secondary N) is 1. The number of carbonyl (C=O) groups is 1. The second kappa shape index (κ2) is 5.40. The summed E-state index contributed by atoms with van der Waals surface area (Å²) in [5.41, 5.74) is 1.34. The molecule has 0 fully saturated rings. The zero-order valence-electron chi connectivity index (χ0n) is 12.1. The maximum Gasteiger partial charge on any atom is 0.243 e. The van der Waals surface area contributed by atoms with E-state index in [-0.39, 0.29) is 23.4 Å². The van der Waals surface area contributed by atoms with Crippen molar-refractivity contribution in [2.75, 3.05) is 0 Å². The summed E-state index contributed by atoms with van der Waals surface area (Å²) in [6.45, 7) is 7.71. The molecule has 0 bridgehead atoms. The smallest absolute Gasteiger partial charge is 0.243 e. The second-order valence-electron chi connectivity index (χ2n) is 5.81. The van der Waals surface area contributed by atoms with Gasteiger partial charge in [-0.1, -0.05) is 0 Å². The summed E-state index contributed by atoms with van der Waals surface area (Å²) >= 11 is 5.95. The van der Waals surface area contributed by atoms with Gasteiger partial charge in [-0.15, -0.1) is 11.6 Å². The van der Waals surface area contributed by atoms with Crippen LogP contribution in [0.3, 0.4) is 0 Å². The van der Waals surface area contributed by atoms with E-state index in [2.05, 4.69) is 15.3 Å². The van der Waals surface area contributed by atoms with Gasteiger partial charge in [-0.2, -0.15) is 0 Å². The first-order valence-corrected chi connectivity index (χ1v) is 7.06. The van der Waals surface area contributed by atoms with Crippen LogP contribution in [0.2, 0.25) is 0 Å². The lowest BCUT2D eigenvalue weighted by Gasteiger charge is -2.24. The van der Waals surface area contributed by atoms with Gasteiger partial charge in [-0.3, -0.25) is 9.78 Å². The lowest BCUT2D eigenvalue weighted by molar-refractivity contribution is -0.125. The Labute approximate surface area is 123 Å². The number of fused-ring (bicyclic) bond motifs is 1. The first kappa shape index (κ1) is 14.8. The average molecular weight is 295 g/mol. The fourth-order valence-electron chi connectivity index (χ4n) is 2.12. The number of pyridine rings is 1. The molecule has 1 amide bonds. The van der Waals surface area contributed by atoms with Crippen LogP contribution < -0.4 is 5.32 Å². The second-order valence-corrected chi connectivity index (χ2v) is 6.08. The molecule has 2 aromatic rings. The number of carbonyl (C=O) groups excluding carboxylic acids is 1. The van der Waals surface area contributed by atoms with Gasteiger partial charge in [0, 0.05) is 11.7 Å². The third-order valence-electron chi connectivity index (χ3n) is 2.95. The van der Waals surface area contributed by atoms with Crippen LogP contribution in [0.25, 0.3) is 11.0 Å². The number of hydrogen-bond donors (Lipinski definition) is 1. The molecule has 5 nitrogen and oxygen atoms in total. The van der Waals surface area contributed by atoms with E-state index >= 15 is 0 Å². The predicted molar refractivity (Wildman–Crippen MR) is 79.7 cm³/mol. The van der Waals surface area contributed by atoms with Crippen molar-refractivity contribution >= 4 is 28.5 Å². The minimum atomic E-state index is -0.379. The molecule has 108 valence electrons. The molecule has 1 atom stereocenters. The van der Waals surface area contributed by atoms with Crippen LogP contribution >= 0.6 is 11.6 Å². The Morgan fingerprint density at radius 3 is 2.80 bits per heavy atom. The van der Waals surface area contributed by atoms with E-state index in [1.165, 1.54) is 0 Å². The zero-order chi connectivity index (χ0) is 14.9. The minimum absolute atomic E-state index is 0.0556. The van der Waals surface area contributed by atoms with Gasteiger partial charge in [0.1, 0.15) is 17.4 Å². The van der Waals surface area contributed by atoms with Crippen molar-refractivity contribution in [3.8, 4) is 0 Å². The lowest BCUT2D eigenvalue weighted by Crippen LogP contribution is -2.44. The standard InChI is InChI=1S/C14H19ClN4O/c1-9(13(20)18-14(2,3)4)19-11-5-6-16-8-10(11)17-12(19)7-15/h5-6,8-9H,7H2,1-4H3,(H,18,20). The van der Waals surface area contributed by atoms with Crippen LogP contribution in [-0.4, -0.2) is 26.0 Å². The molecule has 0 aliphatic carbocycles. The molecule has 1 N–H and O–H groups in total. The van der Waals surface area contributed by atoms with Crippen LogP contribution in [0.15, 0.2) is 18.5 Å². The number of rotatable bonds is 3. The summed E-state index contributed by atoms with van der Waals surface area (Å²) in [7, 11) is 0. The fraction of sp³-hybridized carbons (Fsp3) is 0.500. The van der Waals surface area contributed by atoms with Gasteiger partial charge in [0.25, 0.3) is 0 Å². The molecule has 0 radical (unpaired) electrons. The molecular formula is C14H19ClN4O. The normalized spacial score (nSPS) is 13.4. The molecule has 1 unspecified atom stereocenters. The van der Waals surface area contributed by atoms with E-state index in [1.807, 2.05) is 38.3 Å². The third kappa shape index (κ3) is 2.93. The Bertz CT molecular complexity index is 630. The van der Waals surface area contributed by atoms with Gasteiger partial charge in [0.05, 0.1) is 17.6 Å². The summed E-state index contributed by atoms with van der Waals surface area (Å²) in [6.07, 6.45) is 3.36. The molecule has 0 aliphatic heterocycles. The molecule has 0 saturated heterocycles. The number of nitrogens with zero attached hydrogens (tertiary/aromatic N) is 3. The highest BCUT2D eigenvalue weighted by Crippen LogP contribution is 2.22. The molecule has 6 heteroatoms. The van der Waals surface area contributed by atoms with E-state index in [4.69, 9.17) is 11.6 Å². The summed E-state index contributed by atoms with van der Waals surface area (Å²) in [5, 5.41) is 2.98. The fourth-order valence-corrected chi connectivity index (χ4v) is 2.31. The highest BCUT2D eigenvalue weighted by atomic mass is 35.5. The van der Waals surface area contributed by atoms with Crippen molar-refractivity contribution < 1.29 is 4.79 Å². The van der Waals surface area contributed by atoms with Crippen molar-refractivity contribution in [3.63, 3.8) is 0 Å². The third-order valence-corrected chi connectivity index (χ3v) is 3.19. The van der Waals surface area contributed by atoms with Crippen LogP contribution in [0.5, 0.6) is 0 Å². The number of amides is 1. The highest BCUT2D eigenvalue weighted by Gasteiger charge is 2.24. The van der Waals surface area contributed by atoms with E-state index in [9.17, 15) is 4.79 Å². The molecule has 0 aromatic carbocycles. The summed E-state index contributed by atoms with van der Waals surface area (Å²) < 4.78 is 1.87. The van der Waals surface area contributed by atoms with Gasteiger partial charge >= 0.3 is 0 Å². The van der Waals surface area contributed by atoms with Crippen LogP contribution in [0.1, 0.15) is 39.6 Å². The monoisotopic (exact) mass is 294 g/mol. The minimum Gasteiger partial charge on any atom is -0.350 e. The SMILES string of the molecule is CC(C(=O)NC(C)(C)C)n1c(CCl)nc2cnccc21. The van der Waals surface area contributed by atoms with Crippen LogP contribution in [0.4, 0.5) is 0 Å². The quantitative estimate of drug-likeness (QED) is 0.885. The number of alkyl halides is 1.